The van der Waals surface area contributed by atoms with E-state index in [1.54, 1.807) is 18.2 Å². The van der Waals surface area contributed by atoms with Crippen LogP contribution in [0.3, 0.4) is 0 Å². The van der Waals surface area contributed by atoms with E-state index in [1.165, 1.54) is 0 Å². The summed E-state index contributed by atoms with van der Waals surface area (Å²) in [7, 11) is 0. The molecule has 27 heavy (non-hydrogen) atoms. The molecule has 0 aliphatic carbocycles. The number of fused-ring (bicyclic) bond motifs is 1. The van der Waals surface area contributed by atoms with Crippen LogP contribution >= 0.6 is 34.5 Å². The molecule has 3 aromatic rings. The highest BCUT2D eigenvalue weighted by Gasteiger charge is 2.10. The Morgan fingerprint density at radius 1 is 1.11 bits per heavy atom. The Morgan fingerprint density at radius 2 is 1.74 bits per heavy atom. The van der Waals surface area contributed by atoms with Crippen molar-refractivity contribution in [2.45, 2.75) is 13.8 Å². The van der Waals surface area contributed by atoms with Gasteiger partial charge in [0.05, 0.1) is 25.6 Å². The molecule has 2 N–H and O–H groups in total. The molecule has 1 aliphatic rings. The van der Waals surface area contributed by atoms with Crippen LogP contribution in [0.4, 0.5) is 0 Å². The van der Waals surface area contributed by atoms with Gasteiger partial charge in [-0.2, -0.15) is 0 Å². The molecule has 2 aromatic heterocycles. The Hall–Kier alpha value is -2.48. The van der Waals surface area contributed by atoms with Crippen molar-refractivity contribution in [2.24, 2.45) is 9.98 Å². The second-order valence-electron chi connectivity index (χ2n) is 6.00. The Labute approximate surface area is 166 Å². The van der Waals surface area contributed by atoms with Crippen LogP contribution in [0.1, 0.15) is 16.1 Å². The number of hydrogen-bond donors (Lipinski definition) is 2. The Bertz CT molecular complexity index is 1360. The SMILES string of the molecule is Cc1c/c(=C\c2sc(=O)[nH]c2O)c(C)nc1=C1N=c2cc(Cl)c(Cl)cc2=N1. The first-order valence-electron chi connectivity index (χ1n) is 7.86. The summed E-state index contributed by atoms with van der Waals surface area (Å²) in [5, 5.41) is 13.4. The minimum Gasteiger partial charge on any atom is -0.493 e. The third-order valence-corrected chi connectivity index (χ3v) is 5.61. The van der Waals surface area contributed by atoms with Gasteiger partial charge >= 0.3 is 4.87 Å². The molecular formula is C18H12Cl2N4O2S. The lowest BCUT2D eigenvalue weighted by atomic mass is 10.2. The lowest BCUT2D eigenvalue weighted by molar-refractivity contribution is 0.455. The fourth-order valence-corrected chi connectivity index (χ4v) is 3.73. The van der Waals surface area contributed by atoms with E-state index < -0.39 is 0 Å². The second kappa shape index (κ2) is 6.60. The van der Waals surface area contributed by atoms with Crippen LogP contribution in [-0.4, -0.2) is 15.1 Å². The van der Waals surface area contributed by atoms with Crippen molar-refractivity contribution in [1.82, 2.24) is 9.97 Å². The number of aryl methyl sites for hydroxylation is 2. The van der Waals surface area contributed by atoms with Crippen LogP contribution in [0.25, 0.3) is 11.9 Å². The van der Waals surface area contributed by atoms with Crippen LogP contribution < -0.4 is 26.2 Å². The summed E-state index contributed by atoms with van der Waals surface area (Å²) in [4.78, 5) is 27.5. The first-order valence-corrected chi connectivity index (χ1v) is 9.44. The number of thiazole rings is 1. The van der Waals surface area contributed by atoms with Gasteiger partial charge in [0.1, 0.15) is 5.35 Å². The quantitative estimate of drug-likeness (QED) is 0.623. The smallest absolute Gasteiger partial charge is 0.307 e. The van der Waals surface area contributed by atoms with E-state index >= 15 is 0 Å². The van der Waals surface area contributed by atoms with Gasteiger partial charge in [-0.1, -0.05) is 34.5 Å². The highest BCUT2D eigenvalue weighted by Crippen LogP contribution is 2.18. The molecule has 0 saturated heterocycles. The number of nitrogens with one attached hydrogen (secondary N) is 1. The monoisotopic (exact) mass is 418 g/mol. The summed E-state index contributed by atoms with van der Waals surface area (Å²) >= 11 is 13.0. The van der Waals surface area contributed by atoms with Crippen molar-refractivity contribution in [1.29, 1.82) is 0 Å². The summed E-state index contributed by atoms with van der Waals surface area (Å²) in [6.45, 7) is 3.75. The summed E-state index contributed by atoms with van der Waals surface area (Å²) in [5.41, 5.74) is 1.59. The van der Waals surface area contributed by atoms with Crippen molar-refractivity contribution in [3.63, 3.8) is 0 Å². The second-order valence-corrected chi connectivity index (χ2v) is 7.83. The highest BCUT2D eigenvalue weighted by molar-refractivity contribution is 7.10. The van der Waals surface area contributed by atoms with Crippen molar-refractivity contribution in [3.8, 4) is 5.88 Å². The minimum absolute atomic E-state index is 0.148. The first-order chi connectivity index (χ1) is 12.8. The van der Waals surface area contributed by atoms with E-state index in [2.05, 4.69) is 20.0 Å². The minimum atomic E-state index is -0.313. The summed E-state index contributed by atoms with van der Waals surface area (Å²) in [6, 6.07) is 5.27. The number of rotatable bonds is 1. The zero-order valence-electron chi connectivity index (χ0n) is 14.2. The third-order valence-electron chi connectivity index (χ3n) is 4.07. The van der Waals surface area contributed by atoms with E-state index in [9.17, 15) is 9.90 Å². The fraction of sp³-hybridized carbons (Fsp3) is 0.111. The van der Waals surface area contributed by atoms with Gasteiger partial charge in [0.25, 0.3) is 0 Å². The Morgan fingerprint density at radius 3 is 2.30 bits per heavy atom. The summed E-state index contributed by atoms with van der Waals surface area (Å²) in [5.74, 6) is 0.343. The maximum Gasteiger partial charge on any atom is 0.307 e. The Kier molecular flexibility index (Phi) is 4.38. The number of halogens is 2. The molecule has 9 heteroatoms. The van der Waals surface area contributed by atoms with Gasteiger partial charge in [0.15, 0.2) is 5.82 Å². The summed E-state index contributed by atoms with van der Waals surface area (Å²) < 4.78 is 0. The van der Waals surface area contributed by atoms with Crippen LogP contribution in [0, 0.1) is 13.8 Å². The molecule has 0 saturated carbocycles. The van der Waals surface area contributed by atoms with Crippen LogP contribution in [0.2, 0.25) is 10.0 Å². The molecule has 0 spiro atoms. The third kappa shape index (κ3) is 3.29. The van der Waals surface area contributed by atoms with Gasteiger partial charge in [-0.05, 0) is 48.9 Å². The predicted molar refractivity (Wildman–Crippen MR) is 105 cm³/mol. The normalized spacial score (nSPS) is 13.5. The van der Waals surface area contributed by atoms with E-state index in [0.717, 1.165) is 27.8 Å². The lowest BCUT2D eigenvalue weighted by Crippen LogP contribution is -2.23. The molecule has 0 unspecified atom stereocenters. The number of H-pyrrole nitrogens is 1. The predicted octanol–water partition coefficient (Wildman–Crippen LogP) is 1.31. The van der Waals surface area contributed by atoms with E-state index in [0.29, 0.717) is 36.8 Å². The molecule has 4 rings (SSSR count). The van der Waals surface area contributed by atoms with Crippen LogP contribution in [0.15, 0.2) is 33.0 Å². The fourth-order valence-electron chi connectivity index (χ4n) is 2.73. The van der Waals surface area contributed by atoms with Gasteiger partial charge < -0.3 is 5.11 Å². The molecular weight excluding hydrogens is 407 g/mol. The van der Waals surface area contributed by atoms with Gasteiger partial charge in [-0.15, -0.1) is 0 Å². The maximum atomic E-state index is 11.4. The molecule has 1 aliphatic heterocycles. The molecule has 0 amide bonds. The number of pyridine rings is 1. The average molecular weight is 419 g/mol. The number of aromatic amines is 1. The van der Waals surface area contributed by atoms with Crippen LogP contribution in [0.5, 0.6) is 5.88 Å². The zero-order chi connectivity index (χ0) is 19.3. The molecule has 0 atom stereocenters. The molecule has 0 radical (unpaired) electrons. The van der Waals surface area contributed by atoms with Gasteiger partial charge in [-0.3, -0.25) is 9.78 Å². The zero-order valence-corrected chi connectivity index (χ0v) is 16.5. The number of nitrogens with zero attached hydrogens (tertiary/aromatic N) is 3. The van der Waals surface area contributed by atoms with Gasteiger partial charge in [-0.25, -0.2) is 15.0 Å². The lowest BCUT2D eigenvalue weighted by Gasteiger charge is -2.00. The van der Waals surface area contributed by atoms with Gasteiger partial charge in [0, 0.05) is 5.69 Å². The number of aromatic hydroxyl groups is 1. The molecule has 0 fully saturated rings. The standard InChI is InChI=1S/C18H12Cl2N4O2S/c1-7-3-9(4-14-17(25)24-18(26)27-14)8(2)21-15(7)16-22-12-5-10(19)11(20)6-13(12)23-16/h3-6,25H,1-2H3,(H,24,26)/b9-4+. The van der Waals surface area contributed by atoms with Crippen molar-refractivity contribution in [3.05, 3.63) is 75.3 Å². The number of hydrogen-bond acceptors (Lipinski definition) is 6. The average Bonchev–Trinajstić information content (AvgIpc) is 3.13. The molecule has 6 nitrogen and oxygen atoms in total. The number of aromatic nitrogens is 2. The number of benzene rings is 1. The van der Waals surface area contributed by atoms with Gasteiger partial charge in [0.2, 0.25) is 5.88 Å². The molecule has 136 valence electrons. The van der Waals surface area contributed by atoms with E-state index in [4.69, 9.17) is 23.2 Å². The summed E-state index contributed by atoms with van der Waals surface area (Å²) in [6.07, 6.45) is 1.72. The molecule has 1 aromatic carbocycles. The molecule has 0 bridgehead atoms. The highest BCUT2D eigenvalue weighted by atomic mass is 35.5. The topological polar surface area (TPSA) is 90.7 Å². The first kappa shape index (κ1) is 17.9. The van der Waals surface area contributed by atoms with Crippen LogP contribution in [-0.2, 0) is 0 Å². The Balaban J connectivity index is 1.93. The maximum absolute atomic E-state index is 11.4. The van der Waals surface area contributed by atoms with E-state index in [-0.39, 0.29) is 10.8 Å². The van der Waals surface area contributed by atoms with Crippen molar-refractivity contribution >= 4 is 46.4 Å². The largest absolute Gasteiger partial charge is 0.493 e. The van der Waals surface area contributed by atoms with Crippen molar-refractivity contribution in [2.75, 3.05) is 0 Å². The van der Waals surface area contributed by atoms with Crippen molar-refractivity contribution < 1.29 is 5.11 Å². The molecule has 3 heterocycles. The van der Waals surface area contributed by atoms with E-state index in [1.807, 2.05) is 19.9 Å².